The molecule has 0 bridgehead atoms. The molecule has 0 saturated heterocycles. The Morgan fingerprint density at radius 3 is 2.65 bits per heavy atom. The second kappa shape index (κ2) is 6.78. The number of aromatic nitrogens is 1. The van der Waals surface area contributed by atoms with Gasteiger partial charge in [-0.1, -0.05) is 29.8 Å². The highest BCUT2D eigenvalue weighted by Gasteiger charge is 2.11. The van der Waals surface area contributed by atoms with Crippen LogP contribution in [0, 0.1) is 11.3 Å². The monoisotopic (exact) mass is 286 g/mol. The highest BCUT2D eigenvalue weighted by atomic mass is 35.5. The summed E-state index contributed by atoms with van der Waals surface area (Å²) >= 11 is 6.15. The molecule has 0 spiro atoms. The van der Waals surface area contributed by atoms with Crippen LogP contribution in [0.5, 0.6) is 0 Å². The molecule has 20 heavy (non-hydrogen) atoms. The summed E-state index contributed by atoms with van der Waals surface area (Å²) in [5.74, 6) is 0.442. The lowest BCUT2D eigenvalue weighted by molar-refractivity contribution is 0.782. The van der Waals surface area contributed by atoms with Crippen molar-refractivity contribution >= 4 is 23.1 Å². The summed E-state index contributed by atoms with van der Waals surface area (Å²) in [7, 11) is 0. The minimum atomic E-state index is 0.439. The van der Waals surface area contributed by atoms with E-state index in [-0.39, 0.29) is 0 Å². The number of nitriles is 1. The normalized spacial score (nSPS) is 10.0. The van der Waals surface area contributed by atoms with Gasteiger partial charge >= 0.3 is 0 Å². The van der Waals surface area contributed by atoms with Gasteiger partial charge < -0.3 is 10.6 Å². The van der Waals surface area contributed by atoms with Crippen molar-refractivity contribution in [2.75, 3.05) is 17.2 Å². The molecule has 0 unspecified atom stereocenters. The van der Waals surface area contributed by atoms with Gasteiger partial charge in [0.05, 0.1) is 29.8 Å². The maximum absolute atomic E-state index is 8.79. The summed E-state index contributed by atoms with van der Waals surface area (Å²) in [5.41, 5.74) is 7.45. The van der Waals surface area contributed by atoms with E-state index in [0.717, 1.165) is 5.69 Å². The number of anilines is 2. The standard InChI is InChI=1S/C15H15ClN4/c16-13-7-8-15(18)19-14(13)11-20(10-4-9-17)12-5-2-1-3-6-12/h1-3,5-8H,4,10-11H2,(H2,18,19). The van der Waals surface area contributed by atoms with Gasteiger partial charge in [-0.25, -0.2) is 4.98 Å². The van der Waals surface area contributed by atoms with Crippen molar-refractivity contribution in [3.05, 3.63) is 53.2 Å². The van der Waals surface area contributed by atoms with Crippen molar-refractivity contribution in [2.24, 2.45) is 0 Å². The maximum Gasteiger partial charge on any atom is 0.123 e. The lowest BCUT2D eigenvalue weighted by atomic mass is 10.2. The van der Waals surface area contributed by atoms with Crippen LogP contribution >= 0.6 is 11.6 Å². The number of hydrogen-bond acceptors (Lipinski definition) is 4. The van der Waals surface area contributed by atoms with Crippen molar-refractivity contribution < 1.29 is 0 Å². The van der Waals surface area contributed by atoms with E-state index in [9.17, 15) is 0 Å². The highest BCUT2D eigenvalue weighted by molar-refractivity contribution is 6.31. The number of para-hydroxylation sites is 1. The molecule has 0 saturated carbocycles. The van der Waals surface area contributed by atoms with E-state index in [1.807, 2.05) is 30.3 Å². The van der Waals surface area contributed by atoms with Crippen LogP contribution in [0.4, 0.5) is 11.5 Å². The Hall–Kier alpha value is -2.25. The fraction of sp³-hybridized carbons (Fsp3) is 0.200. The number of nitrogen functional groups attached to an aromatic ring is 1. The summed E-state index contributed by atoms with van der Waals surface area (Å²) in [6.07, 6.45) is 0.439. The van der Waals surface area contributed by atoms with Gasteiger partial charge in [-0.05, 0) is 24.3 Å². The topological polar surface area (TPSA) is 65.9 Å². The second-order valence-electron chi connectivity index (χ2n) is 4.33. The third-order valence-electron chi connectivity index (χ3n) is 2.90. The van der Waals surface area contributed by atoms with Crippen molar-refractivity contribution in [2.45, 2.75) is 13.0 Å². The first-order valence-corrected chi connectivity index (χ1v) is 6.66. The predicted octanol–water partition coefficient (Wildman–Crippen LogP) is 3.24. The molecule has 2 rings (SSSR count). The van der Waals surface area contributed by atoms with Crippen LogP contribution in [-0.4, -0.2) is 11.5 Å². The van der Waals surface area contributed by atoms with E-state index in [1.165, 1.54) is 0 Å². The van der Waals surface area contributed by atoms with Crippen molar-refractivity contribution in [1.29, 1.82) is 5.26 Å². The quantitative estimate of drug-likeness (QED) is 0.916. The molecule has 102 valence electrons. The van der Waals surface area contributed by atoms with Crippen LogP contribution in [0.3, 0.4) is 0 Å². The van der Waals surface area contributed by atoms with Gasteiger partial charge in [0.2, 0.25) is 0 Å². The molecule has 0 aliphatic heterocycles. The molecule has 2 aromatic rings. The average molecular weight is 287 g/mol. The molecule has 0 aliphatic carbocycles. The second-order valence-corrected chi connectivity index (χ2v) is 4.74. The first kappa shape index (κ1) is 14.2. The molecule has 0 radical (unpaired) electrons. The molecular formula is C15H15ClN4. The number of benzene rings is 1. The molecule has 2 N–H and O–H groups in total. The summed E-state index contributed by atoms with van der Waals surface area (Å²) in [6, 6.07) is 15.5. The number of pyridine rings is 1. The van der Waals surface area contributed by atoms with Gasteiger partial charge in [0.15, 0.2) is 0 Å². The molecule has 0 aliphatic rings. The van der Waals surface area contributed by atoms with Gasteiger partial charge in [-0.3, -0.25) is 0 Å². The molecule has 5 heteroatoms. The Morgan fingerprint density at radius 2 is 1.95 bits per heavy atom. The van der Waals surface area contributed by atoms with Crippen LogP contribution in [0.25, 0.3) is 0 Å². The predicted molar refractivity (Wildman–Crippen MR) is 81.4 cm³/mol. The minimum Gasteiger partial charge on any atom is -0.384 e. The van der Waals surface area contributed by atoms with Crippen LogP contribution in [0.1, 0.15) is 12.1 Å². The van der Waals surface area contributed by atoms with Crippen LogP contribution in [-0.2, 0) is 6.54 Å². The largest absolute Gasteiger partial charge is 0.384 e. The van der Waals surface area contributed by atoms with E-state index in [4.69, 9.17) is 22.6 Å². The van der Waals surface area contributed by atoms with E-state index in [0.29, 0.717) is 36.0 Å². The molecule has 0 fully saturated rings. The van der Waals surface area contributed by atoms with Gasteiger partial charge in [-0.15, -0.1) is 0 Å². The Labute approximate surface area is 123 Å². The number of nitrogens with two attached hydrogens (primary N) is 1. The first-order valence-electron chi connectivity index (χ1n) is 6.28. The Morgan fingerprint density at radius 1 is 1.20 bits per heavy atom. The average Bonchev–Trinajstić information content (AvgIpc) is 2.48. The third-order valence-corrected chi connectivity index (χ3v) is 3.24. The zero-order valence-corrected chi connectivity index (χ0v) is 11.7. The fourth-order valence-electron chi connectivity index (χ4n) is 1.92. The fourth-order valence-corrected chi connectivity index (χ4v) is 2.08. The van der Waals surface area contributed by atoms with Crippen molar-refractivity contribution in [3.63, 3.8) is 0 Å². The molecule has 1 heterocycles. The van der Waals surface area contributed by atoms with Crippen molar-refractivity contribution in [3.8, 4) is 6.07 Å². The first-order chi connectivity index (χ1) is 9.70. The lowest BCUT2D eigenvalue weighted by Gasteiger charge is -2.24. The molecule has 0 amide bonds. The number of nitrogens with zero attached hydrogens (tertiary/aromatic N) is 3. The Kier molecular flexibility index (Phi) is 4.80. The summed E-state index contributed by atoms with van der Waals surface area (Å²) in [4.78, 5) is 6.33. The molecule has 4 nitrogen and oxygen atoms in total. The van der Waals surface area contributed by atoms with E-state index >= 15 is 0 Å². The maximum atomic E-state index is 8.79. The summed E-state index contributed by atoms with van der Waals surface area (Å²) in [6.45, 7) is 1.14. The molecular weight excluding hydrogens is 272 g/mol. The van der Waals surface area contributed by atoms with E-state index < -0.39 is 0 Å². The lowest BCUT2D eigenvalue weighted by Crippen LogP contribution is -2.24. The van der Waals surface area contributed by atoms with E-state index in [2.05, 4.69) is 16.0 Å². The van der Waals surface area contributed by atoms with Crippen LogP contribution in [0.15, 0.2) is 42.5 Å². The van der Waals surface area contributed by atoms with Crippen LogP contribution < -0.4 is 10.6 Å². The number of hydrogen-bond donors (Lipinski definition) is 1. The minimum absolute atomic E-state index is 0.439. The van der Waals surface area contributed by atoms with Crippen molar-refractivity contribution in [1.82, 2.24) is 4.98 Å². The van der Waals surface area contributed by atoms with E-state index in [1.54, 1.807) is 12.1 Å². The smallest absolute Gasteiger partial charge is 0.123 e. The number of rotatable bonds is 5. The van der Waals surface area contributed by atoms with Gasteiger partial charge in [0.1, 0.15) is 5.82 Å². The summed E-state index contributed by atoms with van der Waals surface area (Å²) < 4.78 is 0. The SMILES string of the molecule is N#CCCN(Cc1nc(N)ccc1Cl)c1ccccc1. The number of halogens is 1. The van der Waals surface area contributed by atoms with Crippen LogP contribution in [0.2, 0.25) is 5.02 Å². The Balaban J connectivity index is 2.24. The molecule has 1 aromatic carbocycles. The summed E-state index contributed by atoms with van der Waals surface area (Å²) in [5, 5.41) is 9.37. The van der Waals surface area contributed by atoms with Gasteiger partial charge in [-0.2, -0.15) is 5.26 Å². The zero-order chi connectivity index (χ0) is 14.4. The zero-order valence-electron chi connectivity index (χ0n) is 11.0. The van der Waals surface area contributed by atoms with Gasteiger partial charge in [0, 0.05) is 12.2 Å². The van der Waals surface area contributed by atoms with Gasteiger partial charge in [0.25, 0.3) is 0 Å². The molecule has 1 aromatic heterocycles. The third kappa shape index (κ3) is 3.62. The molecule has 0 atom stereocenters. The Bertz CT molecular complexity index is 607. The highest BCUT2D eigenvalue weighted by Crippen LogP contribution is 2.21.